The highest BCUT2D eigenvalue weighted by molar-refractivity contribution is 7.99. The van der Waals surface area contributed by atoms with Crippen LogP contribution in [-0.2, 0) is 12.7 Å². The zero-order chi connectivity index (χ0) is 16.0. The van der Waals surface area contributed by atoms with Crippen LogP contribution in [0.1, 0.15) is 24.0 Å². The van der Waals surface area contributed by atoms with Gasteiger partial charge in [0.25, 0.3) is 0 Å². The number of thioether (sulfide) groups is 1. The van der Waals surface area contributed by atoms with Gasteiger partial charge in [0.05, 0.1) is 5.56 Å². The first kappa shape index (κ1) is 16.7. The Kier molecular flexibility index (Phi) is 5.70. The molecule has 0 saturated carbocycles. The van der Waals surface area contributed by atoms with Gasteiger partial charge in [-0.25, -0.2) is 10.2 Å². The number of urea groups is 1. The standard InChI is InChI=1S/C14H16F3N3OS/c15-14(16,17)11-3-1-2-10(8-11)9-18-13(21)20-19-12-4-6-22-7-5-12/h1-3,8H,4-7,9H2,(H2,18,20,21). The molecule has 0 aliphatic carbocycles. The molecule has 1 aromatic carbocycles. The van der Waals surface area contributed by atoms with Gasteiger partial charge in [-0.15, -0.1) is 0 Å². The fourth-order valence-corrected chi connectivity index (χ4v) is 2.89. The van der Waals surface area contributed by atoms with Gasteiger partial charge in [-0.05, 0) is 42.0 Å². The van der Waals surface area contributed by atoms with Gasteiger partial charge in [-0.3, -0.25) is 0 Å². The lowest BCUT2D eigenvalue weighted by atomic mass is 10.1. The van der Waals surface area contributed by atoms with Gasteiger partial charge in [0.2, 0.25) is 0 Å². The Morgan fingerprint density at radius 2 is 2.00 bits per heavy atom. The molecule has 2 amide bonds. The summed E-state index contributed by atoms with van der Waals surface area (Å²) in [7, 11) is 0. The monoisotopic (exact) mass is 331 g/mol. The predicted molar refractivity (Wildman–Crippen MR) is 80.8 cm³/mol. The molecule has 0 atom stereocenters. The quantitative estimate of drug-likeness (QED) is 0.834. The molecule has 1 aliphatic rings. The van der Waals surface area contributed by atoms with Gasteiger partial charge in [0.15, 0.2) is 0 Å². The summed E-state index contributed by atoms with van der Waals surface area (Å²) in [4.78, 5) is 11.6. The van der Waals surface area contributed by atoms with Crippen molar-refractivity contribution >= 4 is 23.5 Å². The van der Waals surface area contributed by atoms with Gasteiger partial charge in [-0.1, -0.05) is 12.1 Å². The topological polar surface area (TPSA) is 53.5 Å². The fraction of sp³-hybridized carbons (Fsp3) is 0.429. The largest absolute Gasteiger partial charge is 0.416 e. The number of nitrogens with zero attached hydrogens (tertiary/aromatic N) is 1. The molecule has 1 saturated heterocycles. The van der Waals surface area contributed by atoms with E-state index in [1.165, 1.54) is 12.1 Å². The van der Waals surface area contributed by atoms with E-state index < -0.39 is 17.8 Å². The third-order valence-electron chi connectivity index (χ3n) is 3.09. The van der Waals surface area contributed by atoms with E-state index in [0.717, 1.165) is 42.2 Å². The fourth-order valence-electron chi connectivity index (χ4n) is 1.93. The number of amides is 2. The van der Waals surface area contributed by atoms with E-state index in [0.29, 0.717) is 5.56 Å². The van der Waals surface area contributed by atoms with E-state index in [2.05, 4.69) is 15.8 Å². The molecule has 1 heterocycles. The van der Waals surface area contributed by atoms with Crippen molar-refractivity contribution < 1.29 is 18.0 Å². The van der Waals surface area contributed by atoms with Crippen molar-refractivity contribution in [2.45, 2.75) is 25.6 Å². The lowest BCUT2D eigenvalue weighted by Crippen LogP contribution is -2.32. The van der Waals surface area contributed by atoms with Crippen LogP contribution in [0.4, 0.5) is 18.0 Å². The van der Waals surface area contributed by atoms with Crippen LogP contribution in [0.3, 0.4) is 0 Å². The number of carbonyl (C=O) groups is 1. The van der Waals surface area contributed by atoms with Crippen molar-refractivity contribution in [3.63, 3.8) is 0 Å². The lowest BCUT2D eigenvalue weighted by molar-refractivity contribution is -0.137. The Bertz CT molecular complexity index is 553. The van der Waals surface area contributed by atoms with E-state index in [4.69, 9.17) is 0 Å². The summed E-state index contributed by atoms with van der Waals surface area (Å²) in [6.07, 6.45) is -2.69. The number of hydrogen-bond donors (Lipinski definition) is 2. The van der Waals surface area contributed by atoms with Gasteiger partial charge in [0, 0.05) is 12.3 Å². The molecule has 0 bridgehead atoms. The maximum absolute atomic E-state index is 12.6. The molecule has 1 aliphatic heterocycles. The molecule has 2 rings (SSSR count). The normalized spacial score (nSPS) is 15.3. The molecule has 4 nitrogen and oxygen atoms in total. The van der Waals surface area contributed by atoms with E-state index >= 15 is 0 Å². The first-order valence-corrected chi connectivity index (χ1v) is 7.94. The van der Waals surface area contributed by atoms with E-state index in [-0.39, 0.29) is 6.54 Å². The van der Waals surface area contributed by atoms with Crippen LogP contribution < -0.4 is 10.7 Å². The average molecular weight is 331 g/mol. The summed E-state index contributed by atoms with van der Waals surface area (Å²) in [5, 5.41) is 6.50. The molecular weight excluding hydrogens is 315 g/mol. The first-order valence-electron chi connectivity index (χ1n) is 6.78. The van der Waals surface area contributed by atoms with Crippen molar-refractivity contribution in [1.82, 2.24) is 10.7 Å². The van der Waals surface area contributed by atoms with Gasteiger partial charge < -0.3 is 5.32 Å². The Labute approximate surface area is 130 Å². The highest BCUT2D eigenvalue weighted by Gasteiger charge is 2.30. The number of nitrogens with one attached hydrogen (secondary N) is 2. The summed E-state index contributed by atoms with van der Waals surface area (Å²) in [6, 6.07) is 4.33. The molecule has 22 heavy (non-hydrogen) atoms. The van der Waals surface area contributed by atoms with Gasteiger partial charge in [-0.2, -0.15) is 30.0 Å². The van der Waals surface area contributed by atoms with E-state index in [1.54, 1.807) is 0 Å². The SMILES string of the molecule is O=C(NCc1cccc(C(F)(F)F)c1)NN=C1CCSCC1. The van der Waals surface area contributed by atoms with Crippen molar-refractivity contribution in [3.05, 3.63) is 35.4 Å². The van der Waals surface area contributed by atoms with E-state index in [9.17, 15) is 18.0 Å². The van der Waals surface area contributed by atoms with Crippen molar-refractivity contribution in [2.24, 2.45) is 5.10 Å². The van der Waals surface area contributed by atoms with Crippen molar-refractivity contribution in [3.8, 4) is 0 Å². The second kappa shape index (κ2) is 7.53. The molecule has 1 aromatic rings. The van der Waals surface area contributed by atoms with Crippen LogP contribution in [-0.4, -0.2) is 23.2 Å². The molecule has 0 unspecified atom stereocenters. The minimum absolute atomic E-state index is 0.0104. The number of carbonyl (C=O) groups excluding carboxylic acids is 1. The third-order valence-corrected chi connectivity index (χ3v) is 4.08. The highest BCUT2D eigenvalue weighted by atomic mass is 32.2. The van der Waals surface area contributed by atoms with Crippen LogP contribution in [0.5, 0.6) is 0 Å². The Balaban J connectivity index is 1.83. The summed E-state index contributed by atoms with van der Waals surface area (Å²) in [6.45, 7) is 0.0104. The van der Waals surface area contributed by atoms with Crippen LogP contribution in [0.15, 0.2) is 29.4 Å². The smallest absolute Gasteiger partial charge is 0.333 e. The minimum atomic E-state index is -4.39. The molecule has 0 aromatic heterocycles. The molecule has 0 radical (unpaired) electrons. The molecule has 120 valence electrons. The zero-order valence-corrected chi connectivity index (χ0v) is 12.6. The maximum Gasteiger partial charge on any atom is 0.416 e. The van der Waals surface area contributed by atoms with Gasteiger partial charge >= 0.3 is 12.2 Å². The number of halogens is 3. The average Bonchev–Trinajstić information content (AvgIpc) is 2.51. The third kappa shape index (κ3) is 5.25. The molecule has 1 fully saturated rings. The Hall–Kier alpha value is -1.70. The summed E-state index contributed by atoms with van der Waals surface area (Å²) in [5.41, 5.74) is 2.96. The number of hydrazone groups is 1. The number of alkyl halides is 3. The Morgan fingerprint density at radius 3 is 2.68 bits per heavy atom. The Morgan fingerprint density at radius 1 is 1.27 bits per heavy atom. The second-order valence-corrected chi connectivity index (χ2v) is 6.01. The lowest BCUT2D eigenvalue weighted by Gasteiger charge is -2.12. The molecule has 0 spiro atoms. The zero-order valence-electron chi connectivity index (χ0n) is 11.7. The van der Waals surface area contributed by atoms with Gasteiger partial charge in [0.1, 0.15) is 0 Å². The van der Waals surface area contributed by atoms with Crippen LogP contribution in [0, 0.1) is 0 Å². The molecular formula is C14H16F3N3OS. The molecule has 2 N–H and O–H groups in total. The van der Waals surface area contributed by atoms with Crippen LogP contribution >= 0.6 is 11.8 Å². The summed E-state index contributed by atoms with van der Waals surface area (Å²) >= 11 is 1.84. The number of benzene rings is 1. The van der Waals surface area contributed by atoms with E-state index in [1.807, 2.05) is 11.8 Å². The maximum atomic E-state index is 12.6. The number of hydrogen-bond acceptors (Lipinski definition) is 3. The van der Waals surface area contributed by atoms with Crippen LogP contribution in [0.25, 0.3) is 0 Å². The second-order valence-electron chi connectivity index (χ2n) is 4.78. The van der Waals surface area contributed by atoms with Crippen molar-refractivity contribution in [2.75, 3.05) is 11.5 Å². The molecule has 8 heteroatoms. The first-order chi connectivity index (χ1) is 10.4. The number of rotatable bonds is 3. The minimum Gasteiger partial charge on any atom is -0.333 e. The summed E-state index contributed by atoms with van der Waals surface area (Å²) < 4.78 is 37.7. The highest BCUT2D eigenvalue weighted by Crippen LogP contribution is 2.29. The van der Waals surface area contributed by atoms with Crippen molar-refractivity contribution in [1.29, 1.82) is 0 Å². The predicted octanol–water partition coefficient (Wildman–Crippen LogP) is 3.39. The van der Waals surface area contributed by atoms with Crippen LogP contribution in [0.2, 0.25) is 0 Å². The summed E-state index contributed by atoms with van der Waals surface area (Å²) in [5.74, 6) is 1.98.